The van der Waals surface area contributed by atoms with Gasteiger partial charge in [-0.1, -0.05) is 37.3 Å². The zero-order chi connectivity index (χ0) is 23.0. The van der Waals surface area contributed by atoms with Crippen molar-refractivity contribution in [2.75, 3.05) is 22.3 Å². The van der Waals surface area contributed by atoms with Crippen molar-refractivity contribution in [3.05, 3.63) is 53.6 Å². The van der Waals surface area contributed by atoms with Crippen LogP contribution in [-0.2, 0) is 14.8 Å². The van der Waals surface area contributed by atoms with Gasteiger partial charge in [-0.05, 0) is 62.8 Å². The molecule has 0 N–H and O–H groups in total. The van der Waals surface area contributed by atoms with E-state index < -0.39 is 16.1 Å². The number of amides is 3. The Morgan fingerprint density at radius 3 is 2.41 bits per heavy atom. The Hall–Kier alpha value is -2.87. The van der Waals surface area contributed by atoms with Crippen LogP contribution in [0.25, 0.3) is 0 Å². The van der Waals surface area contributed by atoms with Gasteiger partial charge in [-0.15, -0.1) is 0 Å². The fraction of sp³-hybridized carbons (Fsp3) is 0.417. The third-order valence-corrected chi connectivity index (χ3v) is 8.15. The number of benzene rings is 2. The molecule has 1 saturated heterocycles. The highest BCUT2D eigenvalue weighted by Gasteiger charge is 2.44. The highest BCUT2D eigenvalue weighted by molar-refractivity contribution is 7.94. The molecule has 0 bridgehead atoms. The van der Waals surface area contributed by atoms with Crippen LogP contribution in [0.1, 0.15) is 43.7 Å². The lowest BCUT2D eigenvalue weighted by Crippen LogP contribution is -2.55. The van der Waals surface area contributed by atoms with Gasteiger partial charge in [-0.25, -0.2) is 13.2 Å². The second-order valence-electron chi connectivity index (χ2n) is 8.49. The number of piperidine rings is 1. The van der Waals surface area contributed by atoms with Crippen molar-refractivity contribution in [3.8, 4) is 0 Å². The number of urea groups is 1. The lowest BCUT2D eigenvalue weighted by Gasteiger charge is -2.40. The maximum Gasteiger partial charge on any atom is 0.343 e. The minimum absolute atomic E-state index is 0.0285. The number of hydrogen-bond acceptors (Lipinski definition) is 4. The Balaban J connectivity index is 1.79. The number of fused-ring (bicyclic) bond motifs is 1. The number of carbonyl (C=O) groups is 2. The second-order valence-corrected chi connectivity index (χ2v) is 10.2. The van der Waals surface area contributed by atoms with E-state index in [1.54, 1.807) is 44.2 Å². The average molecular weight is 456 g/mol. The highest BCUT2D eigenvalue weighted by Crippen LogP contribution is 2.39. The number of para-hydroxylation sites is 2. The zero-order valence-corrected chi connectivity index (χ0v) is 19.6. The third kappa shape index (κ3) is 3.66. The van der Waals surface area contributed by atoms with E-state index in [1.807, 2.05) is 11.0 Å². The van der Waals surface area contributed by atoms with E-state index in [0.29, 0.717) is 23.4 Å². The molecule has 2 aliphatic rings. The first-order valence-electron chi connectivity index (χ1n) is 11.1. The number of likely N-dealkylation sites (tertiary alicyclic amines) is 1. The van der Waals surface area contributed by atoms with Crippen LogP contribution < -0.4 is 9.21 Å². The van der Waals surface area contributed by atoms with Crippen molar-refractivity contribution in [2.45, 2.75) is 57.4 Å². The molecule has 0 saturated carbocycles. The molecule has 1 atom stereocenters. The van der Waals surface area contributed by atoms with E-state index in [1.165, 1.54) is 11.0 Å². The van der Waals surface area contributed by atoms with Crippen LogP contribution in [-0.4, -0.2) is 44.4 Å². The minimum atomic E-state index is -4.12. The number of carbonyl (C=O) groups excluding carboxylic acids is 2. The van der Waals surface area contributed by atoms with Gasteiger partial charge in [0, 0.05) is 12.6 Å². The van der Waals surface area contributed by atoms with Crippen molar-refractivity contribution in [1.29, 1.82) is 0 Å². The Morgan fingerprint density at radius 1 is 1.03 bits per heavy atom. The van der Waals surface area contributed by atoms with Gasteiger partial charge in [0.1, 0.15) is 11.4 Å². The van der Waals surface area contributed by atoms with Gasteiger partial charge in [0.15, 0.2) is 0 Å². The van der Waals surface area contributed by atoms with E-state index in [-0.39, 0.29) is 29.1 Å². The number of anilines is 2. The first-order valence-corrected chi connectivity index (χ1v) is 12.5. The number of nitrogens with zero attached hydrogens (tertiary/aromatic N) is 3. The molecule has 170 valence electrons. The van der Waals surface area contributed by atoms with Crippen LogP contribution in [0.3, 0.4) is 0 Å². The fourth-order valence-corrected chi connectivity index (χ4v) is 6.51. The number of sulfonamides is 1. The van der Waals surface area contributed by atoms with Gasteiger partial charge in [0.2, 0.25) is 5.91 Å². The molecule has 0 aromatic heterocycles. The quantitative estimate of drug-likeness (QED) is 0.691. The smallest absolute Gasteiger partial charge is 0.338 e. The number of rotatable bonds is 4. The summed E-state index contributed by atoms with van der Waals surface area (Å²) in [5.41, 5.74) is 1.94. The molecule has 0 spiro atoms. The van der Waals surface area contributed by atoms with E-state index in [4.69, 9.17) is 0 Å². The summed E-state index contributed by atoms with van der Waals surface area (Å²) in [5, 5.41) is 0. The largest absolute Gasteiger partial charge is 0.343 e. The summed E-state index contributed by atoms with van der Waals surface area (Å²) in [5.74, 6) is -0.152. The Labute approximate surface area is 189 Å². The van der Waals surface area contributed by atoms with Crippen molar-refractivity contribution >= 4 is 33.3 Å². The molecule has 3 amide bonds. The van der Waals surface area contributed by atoms with E-state index >= 15 is 0 Å². The summed E-state index contributed by atoms with van der Waals surface area (Å²) in [6.07, 6.45) is 3.84. The normalized spacial score (nSPS) is 20.3. The van der Waals surface area contributed by atoms with Crippen LogP contribution in [0.2, 0.25) is 0 Å². The minimum Gasteiger partial charge on any atom is -0.338 e. The van der Waals surface area contributed by atoms with Crippen molar-refractivity contribution in [2.24, 2.45) is 0 Å². The molecule has 2 aromatic carbocycles. The molecule has 7 nitrogen and oxygen atoms in total. The topological polar surface area (TPSA) is 78.0 Å². The summed E-state index contributed by atoms with van der Waals surface area (Å²) in [4.78, 5) is 30.2. The molecule has 32 heavy (non-hydrogen) atoms. The molecule has 2 aliphatic heterocycles. The molecule has 4 rings (SSSR count). The molecular formula is C24H29N3O4S. The van der Waals surface area contributed by atoms with Crippen molar-refractivity contribution in [3.63, 3.8) is 0 Å². The lowest BCUT2D eigenvalue weighted by molar-refractivity contribution is -0.133. The lowest BCUT2D eigenvalue weighted by atomic mass is 10.00. The summed E-state index contributed by atoms with van der Waals surface area (Å²) in [6.45, 7) is 6.09. The SMILES string of the molecule is CC[C@H]1CCCCN1C(=O)CN1C(=O)N(c2c(C)cccc2C)S(=O)(=O)c2ccccc21. The second kappa shape index (κ2) is 8.58. The van der Waals surface area contributed by atoms with Crippen molar-refractivity contribution in [1.82, 2.24) is 4.90 Å². The van der Waals surface area contributed by atoms with Crippen LogP contribution in [0.4, 0.5) is 16.2 Å². The van der Waals surface area contributed by atoms with E-state index in [0.717, 1.165) is 30.0 Å². The summed E-state index contributed by atoms with van der Waals surface area (Å²) in [7, 11) is -4.12. The summed E-state index contributed by atoms with van der Waals surface area (Å²) in [6, 6.07) is 11.2. The Morgan fingerprint density at radius 2 is 1.72 bits per heavy atom. The molecule has 0 unspecified atom stereocenters. The van der Waals surface area contributed by atoms with Gasteiger partial charge >= 0.3 is 6.03 Å². The van der Waals surface area contributed by atoms with Crippen LogP contribution in [0.15, 0.2) is 47.4 Å². The maximum atomic E-state index is 13.7. The highest BCUT2D eigenvalue weighted by atomic mass is 32.2. The predicted molar refractivity (Wildman–Crippen MR) is 124 cm³/mol. The molecule has 2 heterocycles. The number of hydrogen-bond donors (Lipinski definition) is 0. The monoisotopic (exact) mass is 455 g/mol. The van der Waals surface area contributed by atoms with Gasteiger partial charge in [0.25, 0.3) is 10.0 Å². The first kappa shape index (κ1) is 22.3. The van der Waals surface area contributed by atoms with Gasteiger partial charge in [-0.2, -0.15) is 4.31 Å². The molecule has 8 heteroatoms. The average Bonchev–Trinajstić information content (AvgIpc) is 2.78. The Bertz CT molecular complexity index is 1140. The molecule has 1 fully saturated rings. The summed E-state index contributed by atoms with van der Waals surface area (Å²) < 4.78 is 27.9. The van der Waals surface area contributed by atoms with Crippen molar-refractivity contribution < 1.29 is 18.0 Å². The Kier molecular flexibility index (Phi) is 5.99. The molecular weight excluding hydrogens is 426 g/mol. The zero-order valence-electron chi connectivity index (χ0n) is 18.7. The standard InChI is InChI=1S/C24H29N3O4S/c1-4-19-12-7-8-15-25(19)22(28)16-26-20-13-5-6-14-21(20)32(30,31)27(24(26)29)23-17(2)10-9-11-18(23)3/h5-6,9-11,13-14,19H,4,7-8,12,15-16H2,1-3H3/t19-/m0/s1. The predicted octanol–water partition coefficient (Wildman–Crippen LogP) is 4.23. The summed E-state index contributed by atoms with van der Waals surface area (Å²) >= 11 is 0. The van der Waals surface area contributed by atoms with E-state index in [9.17, 15) is 18.0 Å². The third-order valence-electron chi connectivity index (χ3n) is 6.43. The van der Waals surface area contributed by atoms with Crippen LogP contribution >= 0.6 is 0 Å². The molecule has 0 radical (unpaired) electrons. The fourth-order valence-electron chi connectivity index (χ4n) is 4.79. The maximum absolute atomic E-state index is 13.7. The van der Waals surface area contributed by atoms with Gasteiger partial charge in [-0.3, -0.25) is 9.69 Å². The van der Waals surface area contributed by atoms with Crippen LogP contribution in [0.5, 0.6) is 0 Å². The molecule has 2 aromatic rings. The van der Waals surface area contributed by atoms with Crippen LogP contribution in [0, 0.1) is 13.8 Å². The van der Waals surface area contributed by atoms with Gasteiger partial charge < -0.3 is 4.90 Å². The van der Waals surface area contributed by atoms with Gasteiger partial charge in [0.05, 0.1) is 11.4 Å². The molecule has 0 aliphatic carbocycles. The first-order chi connectivity index (χ1) is 15.3. The number of aryl methyl sites for hydroxylation is 2. The van der Waals surface area contributed by atoms with E-state index in [2.05, 4.69) is 6.92 Å².